The Kier molecular flexibility index (Phi) is 4.73. The summed E-state index contributed by atoms with van der Waals surface area (Å²) in [7, 11) is 0. The topological polar surface area (TPSA) is 30.2 Å². The zero-order valence-corrected chi connectivity index (χ0v) is 14.1. The van der Waals surface area contributed by atoms with E-state index in [1.807, 2.05) is 23.1 Å². The number of nitrogens with zero attached hydrogens (tertiary/aromatic N) is 3. The first kappa shape index (κ1) is 14.8. The molecule has 2 aromatic heterocycles. The van der Waals surface area contributed by atoms with Crippen molar-refractivity contribution in [1.29, 1.82) is 0 Å². The quantitative estimate of drug-likeness (QED) is 0.551. The van der Waals surface area contributed by atoms with Crippen molar-refractivity contribution < 1.29 is 0 Å². The number of pyridine rings is 1. The maximum atomic E-state index is 4.61. The van der Waals surface area contributed by atoms with Crippen molar-refractivity contribution in [3.05, 3.63) is 29.0 Å². The van der Waals surface area contributed by atoms with Crippen LogP contribution in [0.5, 0.6) is 0 Å². The lowest BCUT2D eigenvalue weighted by molar-refractivity contribution is 0.460. The van der Waals surface area contributed by atoms with E-state index in [-0.39, 0.29) is 0 Å². The van der Waals surface area contributed by atoms with E-state index in [0.717, 1.165) is 33.8 Å². The van der Waals surface area contributed by atoms with Crippen LogP contribution in [0.3, 0.4) is 0 Å². The molecule has 2 atom stereocenters. The smallest absolute Gasteiger partial charge is 0.0914 e. The van der Waals surface area contributed by atoms with Crippen molar-refractivity contribution in [2.75, 3.05) is 0 Å². The lowest BCUT2D eigenvalue weighted by atomic mass is 9.96. The van der Waals surface area contributed by atoms with Gasteiger partial charge in [0.05, 0.1) is 11.0 Å². The van der Waals surface area contributed by atoms with Gasteiger partial charge in [-0.2, -0.15) is 5.10 Å². The molecule has 3 rings (SSSR count). The highest BCUT2D eigenvalue weighted by Crippen LogP contribution is 2.28. The van der Waals surface area contributed by atoms with Gasteiger partial charge in [0.1, 0.15) is 0 Å². The molecule has 1 saturated carbocycles. The summed E-state index contributed by atoms with van der Waals surface area (Å²) in [6.07, 6.45) is 13.8. The van der Waals surface area contributed by atoms with E-state index in [0.29, 0.717) is 0 Å². The maximum absolute atomic E-state index is 4.61. The summed E-state index contributed by atoms with van der Waals surface area (Å²) >= 11 is 3.47. The summed E-state index contributed by atoms with van der Waals surface area (Å²) in [6.45, 7) is 2.38. The highest BCUT2D eigenvalue weighted by Gasteiger charge is 2.15. The van der Waals surface area contributed by atoms with Crippen LogP contribution >= 0.6 is 15.9 Å². The minimum Gasteiger partial charge on any atom is -0.253 e. The van der Waals surface area contributed by atoms with Crippen LogP contribution in [0.4, 0.5) is 0 Å². The van der Waals surface area contributed by atoms with Gasteiger partial charge in [-0.25, -0.2) is 4.68 Å². The summed E-state index contributed by atoms with van der Waals surface area (Å²) < 4.78 is 2.91. The van der Waals surface area contributed by atoms with Gasteiger partial charge < -0.3 is 0 Å². The van der Waals surface area contributed by atoms with Crippen LogP contribution in [0.25, 0.3) is 11.0 Å². The Balaban J connectivity index is 1.66. The molecule has 0 spiro atoms. The first-order valence-corrected chi connectivity index (χ1v) is 8.67. The molecule has 0 saturated heterocycles. The highest BCUT2D eigenvalue weighted by atomic mass is 79.9. The molecule has 0 amide bonds. The number of halogens is 1. The van der Waals surface area contributed by atoms with Crippen molar-refractivity contribution in [2.45, 2.75) is 45.4 Å². The van der Waals surface area contributed by atoms with Gasteiger partial charge in [0.15, 0.2) is 0 Å². The largest absolute Gasteiger partial charge is 0.253 e. The zero-order valence-electron chi connectivity index (χ0n) is 12.5. The number of rotatable bonds is 3. The normalized spacial score (nSPS) is 23.7. The summed E-state index contributed by atoms with van der Waals surface area (Å²) in [6, 6.07) is 4.07. The van der Waals surface area contributed by atoms with E-state index in [4.69, 9.17) is 0 Å². The fraction of sp³-hybridized carbons (Fsp3) is 0.529. The van der Waals surface area contributed by atoms with Crippen molar-refractivity contribution in [3.8, 4) is 0 Å². The van der Waals surface area contributed by atoms with Crippen LogP contribution in [0, 0.1) is 11.8 Å². The predicted octanol–water partition coefficient (Wildman–Crippen LogP) is 5.24. The van der Waals surface area contributed by atoms with Gasteiger partial charge in [-0.3, -0.25) is 4.98 Å². The van der Waals surface area contributed by atoms with Crippen LogP contribution < -0.4 is 0 Å². The standard InChI is InChI=1S/C17H22BrN3/c1-13-3-2-4-14(6-5-13)7-9-20-21-10-8-16-17(21)11-15(18)12-19-16/h8-14H,2-7H2,1H3. The van der Waals surface area contributed by atoms with E-state index in [9.17, 15) is 0 Å². The van der Waals surface area contributed by atoms with Gasteiger partial charge in [-0.05, 0) is 52.7 Å². The first-order chi connectivity index (χ1) is 10.2. The molecule has 4 heteroatoms. The van der Waals surface area contributed by atoms with E-state index in [1.54, 1.807) is 0 Å². The predicted molar refractivity (Wildman–Crippen MR) is 91.7 cm³/mol. The Morgan fingerprint density at radius 3 is 3.19 bits per heavy atom. The van der Waals surface area contributed by atoms with Crippen molar-refractivity contribution in [3.63, 3.8) is 0 Å². The fourth-order valence-electron chi connectivity index (χ4n) is 3.16. The van der Waals surface area contributed by atoms with Crippen molar-refractivity contribution >= 4 is 33.2 Å². The maximum Gasteiger partial charge on any atom is 0.0914 e. The van der Waals surface area contributed by atoms with Crippen LogP contribution in [0.15, 0.2) is 34.1 Å². The third kappa shape index (κ3) is 3.73. The Hall–Kier alpha value is -1.16. The van der Waals surface area contributed by atoms with Gasteiger partial charge in [0.25, 0.3) is 0 Å². The first-order valence-electron chi connectivity index (χ1n) is 7.88. The molecule has 2 aromatic rings. The molecule has 0 radical (unpaired) electrons. The van der Waals surface area contributed by atoms with Crippen LogP contribution in [-0.2, 0) is 0 Å². The van der Waals surface area contributed by atoms with E-state index < -0.39 is 0 Å². The minimum absolute atomic E-state index is 0.811. The van der Waals surface area contributed by atoms with E-state index in [2.05, 4.69) is 45.2 Å². The number of hydrogen-bond donors (Lipinski definition) is 0. The molecule has 1 aliphatic rings. The Morgan fingerprint density at radius 1 is 1.38 bits per heavy atom. The van der Waals surface area contributed by atoms with Crippen molar-refractivity contribution in [2.24, 2.45) is 16.9 Å². The molecule has 2 unspecified atom stereocenters. The van der Waals surface area contributed by atoms with Gasteiger partial charge in [-0.1, -0.05) is 32.6 Å². The Labute approximate surface area is 134 Å². The summed E-state index contributed by atoms with van der Waals surface area (Å²) in [5.74, 6) is 1.72. The van der Waals surface area contributed by atoms with E-state index in [1.165, 1.54) is 32.1 Å². The average molecular weight is 348 g/mol. The molecular formula is C17H22BrN3. The van der Waals surface area contributed by atoms with Gasteiger partial charge in [0.2, 0.25) is 0 Å². The second-order valence-electron chi connectivity index (χ2n) is 6.23. The third-order valence-corrected chi connectivity index (χ3v) is 4.94. The summed E-state index contributed by atoms with van der Waals surface area (Å²) in [4.78, 5) is 4.38. The summed E-state index contributed by atoms with van der Waals surface area (Å²) in [5, 5.41) is 4.61. The van der Waals surface area contributed by atoms with Crippen LogP contribution in [0.1, 0.15) is 45.4 Å². The molecule has 0 bridgehead atoms. The van der Waals surface area contributed by atoms with Gasteiger partial charge in [-0.15, -0.1) is 0 Å². The summed E-state index contributed by atoms with van der Waals surface area (Å²) in [5.41, 5.74) is 2.04. The van der Waals surface area contributed by atoms with Crippen molar-refractivity contribution in [1.82, 2.24) is 9.66 Å². The molecular weight excluding hydrogens is 326 g/mol. The molecule has 1 aliphatic carbocycles. The third-order valence-electron chi connectivity index (χ3n) is 4.51. The Morgan fingerprint density at radius 2 is 2.29 bits per heavy atom. The molecule has 21 heavy (non-hydrogen) atoms. The zero-order chi connectivity index (χ0) is 14.7. The lowest BCUT2D eigenvalue weighted by Crippen LogP contribution is -2.00. The highest BCUT2D eigenvalue weighted by molar-refractivity contribution is 9.10. The van der Waals surface area contributed by atoms with Crippen LogP contribution in [-0.4, -0.2) is 15.9 Å². The number of aromatic nitrogens is 2. The molecule has 112 valence electrons. The fourth-order valence-corrected chi connectivity index (χ4v) is 3.48. The molecule has 3 nitrogen and oxygen atoms in total. The minimum atomic E-state index is 0.811. The van der Waals surface area contributed by atoms with Crippen LogP contribution in [0.2, 0.25) is 0 Å². The van der Waals surface area contributed by atoms with E-state index >= 15 is 0 Å². The molecule has 0 aliphatic heterocycles. The molecule has 2 heterocycles. The lowest BCUT2D eigenvalue weighted by Gasteiger charge is -2.10. The Bertz CT molecular complexity index is 632. The monoisotopic (exact) mass is 347 g/mol. The SMILES string of the molecule is CC1CCCC(CC=Nn2ccc3ncc(Br)cc32)CC1. The average Bonchev–Trinajstić information content (AvgIpc) is 2.74. The molecule has 0 N–H and O–H groups in total. The van der Waals surface area contributed by atoms with Gasteiger partial charge >= 0.3 is 0 Å². The number of hydrogen-bond acceptors (Lipinski definition) is 2. The number of fused-ring (bicyclic) bond motifs is 1. The van der Waals surface area contributed by atoms with Gasteiger partial charge in [0, 0.05) is 23.1 Å². The second-order valence-corrected chi connectivity index (χ2v) is 7.15. The second kappa shape index (κ2) is 6.73. The molecule has 0 aromatic carbocycles. The molecule has 1 fully saturated rings.